The lowest BCUT2D eigenvalue weighted by Gasteiger charge is -2.32. The maximum atomic E-state index is 11.1. The van der Waals surface area contributed by atoms with Gasteiger partial charge in [-0.25, -0.2) is 0 Å². The summed E-state index contributed by atoms with van der Waals surface area (Å²) in [5.41, 5.74) is 0. The highest BCUT2D eigenvalue weighted by Gasteiger charge is 2.28. The van der Waals surface area contributed by atoms with Crippen molar-refractivity contribution < 1.29 is 10.2 Å². The number of nitrogens with zero attached hydrogens (tertiary/aromatic N) is 1. The van der Waals surface area contributed by atoms with Crippen molar-refractivity contribution in [2.75, 3.05) is 0 Å². The van der Waals surface area contributed by atoms with Gasteiger partial charge in [0.15, 0.2) is 0 Å². The third-order valence-corrected chi connectivity index (χ3v) is 2.54. The number of rotatable bonds is 3. The predicted octanol–water partition coefficient (Wildman–Crippen LogP) is 0.561. The minimum Gasteiger partial charge on any atom is -0.589 e. The summed E-state index contributed by atoms with van der Waals surface area (Å²) in [4.78, 5) is 13.8. The van der Waals surface area contributed by atoms with Crippen LogP contribution in [0, 0.1) is 16.0 Å². The van der Waals surface area contributed by atoms with E-state index in [2.05, 4.69) is 10.3 Å². The average molecular weight is 174 g/mol. The standard InChI is InChI=1S/C7H14N2O3/c1-6-4-2-3-5-7(6)9(11)12-8-10/h6-7,9H,2-5H2,1H3. The molecule has 0 saturated heterocycles. The van der Waals surface area contributed by atoms with Crippen LogP contribution in [0.3, 0.4) is 0 Å². The van der Waals surface area contributed by atoms with E-state index in [1.165, 1.54) is 6.42 Å². The minimum atomic E-state index is -0.461. The lowest BCUT2D eigenvalue weighted by molar-refractivity contribution is -1.08. The van der Waals surface area contributed by atoms with Crippen molar-refractivity contribution >= 4 is 0 Å². The van der Waals surface area contributed by atoms with Crippen molar-refractivity contribution in [1.29, 1.82) is 0 Å². The number of quaternary nitrogens is 1. The smallest absolute Gasteiger partial charge is 0.213 e. The molecule has 1 fully saturated rings. The van der Waals surface area contributed by atoms with Crippen molar-refractivity contribution in [3.8, 4) is 0 Å². The summed E-state index contributed by atoms with van der Waals surface area (Å²) < 4.78 is 0. The zero-order valence-corrected chi connectivity index (χ0v) is 7.16. The normalized spacial score (nSPS) is 32.5. The van der Waals surface area contributed by atoms with Gasteiger partial charge in [-0.3, -0.25) is 0 Å². The maximum absolute atomic E-state index is 11.1. The topological polar surface area (TPSA) is 66.2 Å². The Morgan fingerprint density at radius 2 is 2.17 bits per heavy atom. The van der Waals surface area contributed by atoms with Gasteiger partial charge in [-0.2, -0.15) is 4.94 Å². The maximum Gasteiger partial charge on any atom is 0.213 e. The summed E-state index contributed by atoms with van der Waals surface area (Å²) in [7, 11) is 0. The van der Waals surface area contributed by atoms with Gasteiger partial charge in [0.05, 0.1) is 0 Å². The first-order valence-corrected chi connectivity index (χ1v) is 4.29. The van der Waals surface area contributed by atoms with Crippen LogP contribution in [-0.4, -0.2) is 6.04 Å². The van der Waals surface area contributed by atoms with Crippen LogP contribution in [0.2, 0.25) is 0 Å². The largest absolute Gasteiger partial charge is 0.589 e. The molecule has 0 amide bonds. The van der Waals surface area contributed by atoms with Crippen LogP contribution in [0.15, 0.2) is 5.34 Å². The van der Waals surface area contributed by atoms with E-state index in [0.717, 1.165) is 19.3 Å². The van der Waals surface area contributed by atoms with E-state index >= 15 is 0 Å². The third-order valence-electron chi connectivity index (χ3n) is 2.54. The summed E-state index contributed by atoms with van der Waals surface area (Å²) in [6.07, 6.45) is 4.08. The van der Waals surface area contributed by atoms with E-state index in [0.29, 0.717) is 5.92 Å². The highest BCUT2D eigenvalue weighted by atomic mass is 17.0. The molecule has 1 N–H and O–H groups in total. The zero-order chi connectivity index (χ0) is 8.97. The highest BCUT2D eigenvalue weighted by Crippen LogP contribution is 2.21. The first-order chi connectivity index (χ1) is 5.75. The summed E-state index contributed by atoms with van der Waals surface area (Å²) in [6.45, 7) is 2.01. The Morgan fingerprint density at radius 1 is 1.50 bits per heavy atom. The van der Waals surface area contributed by atoms with Gasteiger partial charge in [-0.05, 0) is 12.8 Å². The van der Waals surface area contributed by atoms with E-state index in [-0.39, 0.29) is 6.04 Å². The molecule has 0 aromatic carbocycles. The second-order valence-electron chi connectivity index (χ2n) is 3.35. The fourth-order valence-corrected chi connectivity index (χ4v) is 1.77. The van der Waals surface area contributed by atoms with Crippen LogP contribution in [0.5, 0.6) is 0 Å². The van der Waals surface area contributed by atoms with Crippen LogP contribution in [-0.2, 0) is 4.94 Å². The number of hydrogen-bond acceptors (Lipinski definition) is 4. The molecule has 0 heterocycles. The Labute approximate surface area is 71.1 Å². The van der Waals surface area contributed by atoms with Crippen molar-refractivity contribution in [3.05, 3.63) is 10.1 Å². The Hall–Kier alpha value is -0.680. The molecule has 0 spiro atoms. The van der Waals surface area contributed by atoms with Gasteiger partial charge in [0, 0.05) is 12.3 Å². The van der Waals surface area contributed by atoms with Gasteiger partial charge in [-0.15, -0.1) is 10.1 Å². The molecular weight excluding hydrogens is 160 g/mol. The monoisotopic (exact) mass is 174 g/mol. The molecular formula is C7H14N2O3. The van der Waals surface area contributed by atoms with Gasteiger partial charge in [-0.1, -0.05) is 13.3 Å². The first-order valence-electron chi connectivity index (χ1n) is 4.29. The van der Waals surface area contributed by atoms with E-state index in [1.54, 1.807) is 0 Å². The summed E-state index contributed by atoms with van der Waals surface area (Å²) in [5, 5.41) is 12.8. The molecule has 0 bridgehead atoms. The van der Waals surface area contributed by atoms with Crippen LogP contribution >= 0.6 is 0 Å². The van der Waals surface area contributed by atoms with E-state index in [9.17, 15) is 10.1 Å². The van der Waals surface area contributed by atoms with Gasteiger partial charge in [0.25, 0.3) is 0 Å². The molecule has 0 aliphatic heterocycles. The Balaban J connectivity index is 2.41. The number of hydrogen-bond donors (Lipinski definition) is 1. The summed E-state index contributed by atoms with van der Waals surface area (Å²) >= 11 is 0. The zero-order valence-electron chi connectivity index (χ0n) is 7.16. The SMILES string of the molecule is CC1CCCCC1[NH+]([O-])ON=O. The Morgan fingerprint density at radius 3 is 2.75 bits per heavy atom. The number of nitrogens with one attached hydrogen (secondary N) is 1. The van der Waals surface area contributed by atoms with Gasteiger partial charge in [0.2, 0.25) is 5.34 Å². The van der Waals surface area contributed by atoms with Crippen molar-refractivity contribution in [1.82, 2.24) is 0 Å². The molecule has 70 valence electrons. The van der Waals surface area contributed by atoms with Crippen LogP contribution < -0.4 is 5.23 Å². The fraction of sp³-hybridized carbons (Fsp3) is 1.00. The summed E-state index contributed by atoms with van der Waals surface area (Å²) in [5.74, 6) is 0.327. The molecule has 0 radical (unpaired) electrons. The number of hydroxylamine groups is 2. The predicted molar refractivity (Wildman–Crippen MR) is 42.6 cm³/mol. The highest BCUT2D eigenvalue weighted by molar-refractivity contribution is 4.70. The molecule has 12 heavy (non-hydrogen) atoms. The molecule has 5 nitrogen and oxygen atoms in total. The molecule has 5 heteroatoms. The van der Waals surface area contributed by atoms with Crippen LogP contribution in [0.25, 0.3) is 0 Å². The van der Waals surface area contributed by atoms with Crippen molar-refractivity contribution in [2.45, 2.75) is 38.6 Å². The Kier molecular flexibility index (Phi) is 3.43. The van der Waals surface area contributed by atoms with Gasteiger partial charge >= 0.3 is 0 Å². The molecule has 3 unspecified atom stereocenters. The fourth-order valence-electron chi connectivity index (χ4n) is 1.77. The second kappa shape index (κ2) is 4.37. The molecule has 1 aliphatic carbocycles. The van der Waals surface area contributed by atoms with E-state index in [4.69, 9.17) is 0 Å². The molecule has 1 aliphatic rings. The van der Waals surface area contributed by atoms with E-state index < -0.39 is 5.23 Å². The van der Waals surface area contributed by atoms with Crippen molar-refractivity contribution in [3.63, 3.8) is 0 Å². The van der Waals surface area contributed by atoms with Gasteiger partial charge in [0.1, 0.15) is 6.04 Å². The second-order valence-corrected chi connectivity index (χ2v) is 3.35. The lowest BCUT2D eigenvalue weighted by Crippen LogP contribution is -3.10. The molecule has 0 aromatic heterocycles. The third kappa shape index (κ3) is 2.15. The van der Waals surface area contributed by atoms with E-state index in [1.807, 2.05) is 6.92 Å². The average Bonchev–Trinajstić information content (AvgIpc) is 2.05. The van der Waals surface area contributed by atoms with Crippen molar-refractivity contribution in [2.24, 2.45) is 11.3 Å². The van der Waals surface area contributed by atoms with Crippen LogP contribution in [0.1, 0.15) is 32.6 Å². The lowest BCUT2D eigenvalue weighted by atomic mass is 9.86. The summed E-state index contributed by atoms with van der Waals surface area (Å²) in [6, 6.07) is -0.114. The van der Waals surface area contributed by atoms with Gasteiger partial charge < -0.3 is 5.21 Å². The quantitative estimate of drug-likeness (QED) is 0.502. The van der Waals surface area contributed by atoms with Crippen LogP contribution in [0.4, 0.5) is 0 Å². The Bertz CT molecular complexity index is 154. The molecule has 3 atom stereocenters. The minimum absolute atomic E-state index is 0.114. The molecule has 0 aromatic rings. The first kappa shape index (κ1) is 9.41. The molecule has 1 saturated carbocycles. The molecule has 1 rings (SSSR count).